The molecule has 0 saturated carbocycles. The van der Waals surface area contributed by atoms with Crippen molar-refractivity contribution in [3.05, 3.63) is 29.3 Å². The largest absolute Gasteiger partial charge is 0.496 e. The van der Waals surface area contributed by atoms with Gasteiger partial charge in [-0.15, -0.1) is 0 Å². The summed E-state index contributed by atoms with van der Waals surface area (Å²) < 4.78 is 7.60. The summed E-state index contributed by atoms with van der Waals surface area (Å²) in [4.78, 5) is 0. The van der Waals surface area contributed by atoms with E-state index in [-0.39, 0.29) is 6.04 Å². The minimum Gasteiger partial charge on any atom is -0.496 e. The van der Waals surface area contributed by atoms with Crippen molar-refractivity contribution in [1.29, 1.82) is 0 Å². The number of rotatable bonds is 3. The van der Waals surface area contributed by atoms with Gasteiger partial charge in [-0.2, -0.15) is 5.10 Å². The number of ether oxygens (including phenoxy) is 1. The highest BCUT2D eigenvalue weighted by Gasteiger charge is 2.21. The number of nitrogens with one attached hydrogen (secondary N) is 1. The average Bonchev–Trinajstić information content (AvgIpc) is 2.64. The van der Waals surface area contributed by atoms with Gasteiger partial charge in [0.1, 0.15) is 5.76 Å². The maximum atomic E-state index is 5.71. The molecule has 1 N–H and O–H groups in total. The summed E-state index contributed by atoms with van der Waals surface area (Å²) in [6.07, 6.45) is 6.31. The zero-order valence-corrected chi connectivity index (χ0v) is 10.2. The van der Waals surface area contributed by atoms with Crippen LogP contribution in [0.5, 0.6) is 0 Å². The van der Waals surface area contributed by atoms with E-state index in [0.717, 1.165) is 25.2 Å². The lowest BCUT2D eigenvalue weighted by molar-refractivity contribution is 0.169. The Kier molecular flexibility index (Phi) is 3.29. The fourth-order valence-electron chi connectivity index (χ4n) is 2.03. The zero-order valence-electron chi connectivity index (χ0n) is 10.2. The summed E-state index contributed by atoms with van der Waals surface area (Å²) in [6, 6.07) is 0.133. The van der Waals surface area contributed by atoms with Crippen LogP contribution in [0.2, 0.25) is 0 Å². The van der Waals surface area contributed by atoms with Gasteiger partial charge < -0.3 is 10.1 Å². The lowest BCUT2D eigenvalue weighted by Crippen LogP contribution is -2.22. The lowest BCUT2D eigenvalue weighted by Gasteiger charge is -2.23. The van der Waals surface area contributed by atoms with E-state index in [4.69, 9.17) is 4.74 Å². The molecule has 1 aliphatic heterocycles. The first-order valence-electron chi connectivity index (χ1n) is 5.72. The molecule has 1 unspecified atom stereocenters. The predicted octanol–water partition coefficient (Wildman–Crippen LogP) is 1.68. The Balaban J connectivity index is 2.28. The minimum absolute atomic E-state index is 0.133. The van der Waals surface area contributed by atoms with Crippen LogP contribution in [0.1, 0.15) is 30.1 Å². The van der Waals surface area contributed by atoms with Crippen molar-refractivity contribution in [3.63, 3.8) is 0 Å². The highest BCUT2D eigenvalue weighted by molar-refractivity contribution is 5.27. The molecule has 4 nitrogen and oxygen atoms in total. The molecule has 1 aliphatic rings. The van der Waals surface area contributed by atoms with Crippen LogP contribution in [-0.4, -0.2) is 23.4 Å². The summed E-state index contributed by atoms with van der Waals surface area (Å²) in [5.74, 6) is 1.03. The summed E-state index contributed by atoms with van der Waals surface area (Å²) in [7, 11) is 3.91. The molecule has 4 heteroatoms. The van der Waals surface area contributed by atoms with Gasteiger partial charge in [-0.3, -0.25) is 4.68 Å². The predicted molar refractivity (Wildman–Crippen MR) is 63.0 cm³/mol. The van der Waals surface area contributed by atoms with Crippen LogP contribution in [0.25, 0.3) is 0 Å². The Hall–Kier alpha value is -1.29. The second-order valence-corrected chi connectivity index (χ2v) is 4.13. The molecule has 16 heavy (non-hydrogen) atoms. The number of hydrogen-bond donors (Lipinski definition) is 1. The molecular weight excluding hydrogens is 202 g/mol. The number of aromatic nitrogens is 2. The van der Waals surface area contributed by atoms with Crippen molar-refractivity contribution >= 4 is 0 Å². The van der Waals surface area contributed by atoms with Crippen molar-refractivity contribution in [1.82, 2.24) is 15.1 Å². The van der Waals surface area contributed by atoms with E-state index < -0.39 is 0 Å². The van der Waals surface area contributed by atoms with Crippen molar-refractivity contribution in [3.8, 4) is 0 Å². The van der Waals surface area contributed by atoms with E-state index in [0.29, 0.717) is 0 Å². The fourth-order valence-corrected chi connectivity index (χ4v) is 2.03. The summed E-state index contributed by atoms with van der Waals surface area (Å²) >= 11 is 0. The van der Waals surface area contributed by atoms with Crippen molar-refractivity contribution in [2.45, 2.75) is 25.8 Å². The maximum Gasteiger partial charge on any atom is 0.114 e. The molecule has 0 amide bonds. The molecule has 1 aromatic rings. The standard InChI is InChI=1S/C12H19N3O/c1-9-10(8-14-15(9)3)12(13-2)11-6-4-5-7-16-11/h6,8,12-13H,4-5,7H2,1-3H3. The molecule has 0 bridgehead atoms. The molecule has 2 heterocycles. The molecule has 1 aromatic heterocycles. The molecule has 0 spiro atoms. The number of aryl methyl sites for hydroxylation is 1. The van der Waals surface area contributed by atoms with Crippen molar-refractivity contribution < 1.29 is 4.74 Å². The Morgan fingerprint density at radius 2 is 2.38 bits per heavy atom. The number of hydrogen-bond acceptors (Lipinski definition) is 3. The van der Waals surface area contributed by atoms with Gasteiger partial charge in [0.2, 0.25) is 0 Å². The Morgan fingerprint density at radius 3 is 2.88 bits per heavy atom. The van der Waals surface area contributed by atoms with Crippen LogP contribution in [0, 0.1) is 6.92 Å². The molecule has 1 atom stereocenters. The van der Waals surface area contributed by atoms with E-state index in [1.165, 1.54) is 11.3 Å². The molecule has 0 aliphatic carbocycles. The molecular formula is C12H19N3O. The van der Waals surface area contributed by atoms with Gasteiger partial charge >= 0.3 is 0 Å². The van der Waals surface area contributed by atoms with Crippen LogP contribution in [0.4, 0.5) is 0 Å². The van der Waals surface area contributed by atoms with Crippen LogP contribution in [0.3, 0.4) is 0 Å². The molecule has 0 radical (unpaired) electrons. The zero-order chi connectivity index (χ0) is 11.5. The Labute approximate surface area is 96.3 Å². The second kappa shape index (κ2) is 4.70. The van der Waals surface area contributed by atoms with Crippen molar-refractivity contribution in [2.75, 3.05) is 13.7 Å². The first-order chi connectivity index (χ1) is 7.74. The lowest BCUT2D eigenvalue weighted by atomic mass is 10.0. The summed E-state index contributed by atoms with van der Waals surface area (Å²) in [5, 5.41) is 7.57. The second-order valence-electron chi connectivity index (χ2n) is 4.13. The van der Waals surface area contributed by atoms with Gasteiger partial charge in [-0.1, -0.05) is 0 Å². The van der Waals surface area contributed by atoms with E-state index in [2.05, 4.69) is 23.4 Å². The molecule has 0 saturated heterocycles. The molecule has 0 fully saturated rings. The Morgan fingerprint density at radius 1 is 1.56 bits per heavy atom. The molecule has 88 valence electrons. The third-order valence-electron chi connectivity index (χ3n) is 3.12. The van der Waals surface area contributed by atoms with Gasteiger partial charge in [-0.05, 0) is 32.9 Å². The number of nitrogens with zero attached hydrogens (tertiary/aromatic N) is 2. The van der Waals surface area contributed by atoms with Gasteiger partial charge in [-0.25, -0.2) is 0 Å². The van der Waals surface area contributed by atoms with E-state index in [9.17, 15) is 0 Å². The molecule has 2 rings (SSSR count). The number of likely N-dealkylation sites (N-methyl/N-ethyl adjacent to an activating group) is 1. The highest BCUT2D eigenvalue weighted by Crippen LogP contribution is 2.27. The summed E-state index contributed by atoms with van der Waals surface area (Å²) in [6.45, 7) is 2.90. The fraction of sp³-hybridized carbons (Fsp3) is 0.583. The highest BCUT2D eigenvalue weighted by atomic mass is 16.5. The van der Waals surface area contributed by atoms with E-state index in [1.54, 1.807) is 0 Å². The topological polar surface area (TPSA) is 39.1 Å². The number of allylic oxidation sites excluding steroid dienone is 1. The SMILES string of the molecule is CNC(C1=CCCCO1)c1cnn(C)c1C. The quantitative estimate of drug-likeness (QED) is 0.844. The van der Waals surface area contributed by atoms with Crippen LogP contribution < -0.4 is 5.32 Å². The maximum absolute atomic E-state index is 5.71. The third-order valence-corrected chi connectivity index (χ3v) is 3.12. The first-order valence-corrected chi connectivity index (χ1v) is 5.72. The van der Waals surface area contributed by atoms with Gasteiger partial charge in [0, 0.05) is 18.3 Å². The van der Waals surface area contributed by atoms with Gasteiger partial charge in [0.05, 0.1) is 18.8 Å². The first kappa shape index (κ1) is 11.2. The normalized spacial score (nSPS) is 17.8. The van der Waals surface area contributed by atoms with Gasteiger partial charge in [0.15, 0.2) is 0 Å². The minimum atomic E-state index is 0.133. The summed E-state index contributed by atoms with van der Waals surface area (Å²) in [5.41, 5.74) is 2.37. The van der Waals surface area contributed by atoms with Crippen LogP contribution >= 0.6 is 0 Å². The Bertz CT molecular complexity index is 395. The monoisotopic (exact) mass is 221 g/mol. The van der Waals surface area contributed by atoms with Gasteiger partial charge in [0.25, 0.3) is 0 Å². The smallest absolute Gasteiger partial charge is 0.114 e. The average molecular weight is 221 g/mol. The van der Waals surface area contributed by atoms with Crippen molar-refractivity contribution in [2.24, 2.45) is 7.05 Å². The van der Waals surface area contributed by atoms with E-state index >= 15 is 0 Å². The third kappa shape index (κ3) is 1.97. The molecule has 0 aromatic carbocycles. The van der Waals surface area contributed by atoms with Crippen LogP contribution in [0.15, 0.2) is 18.0 Å². The van der Waals surface area contributed by atoms with E-state index in [1.807, 2.05) is 25.0 Å². The van der Waals surface area contributed by atoms with Crippen LogP contribution in [-0.2, 0) is 11.8 Å².